The summed E-state index contributed by atoms with van der Waals surface area (Å²) in [4.78, 5) is 4.50. The minimum atomic E-state index is 0.649. The summed E-state index contributed by atoms with van der Waals surface area (Å²) in [5.74, 6) is 0. The fourth-order valence-corrected chi connectivity index (χ4v) is 3.16. The van der Waals surface area contributed by atoms with Crippen LogP contribution in [0.3, 0.4) is 0 Å². The Morgan fingerprint density at radius 3 is 2.87 bits per heavy atom. The van der Waals surface area contributed by atoms with Crippen LogP contribution in [0.4, 0.5) is 16.5 Å². The molecule has 0 saturated heterocycles. The number of nitrogens with one attached hydrogen (secondary N) is 2. The molecule has 0 amide bonds. The standard InChI is InChI=1S/C16H14N6S/c1-2-17-11-3-5-12(6-4-11)20-22-16-19-14-8-13-10(9-18-21-13)7-15(14)23-16/h3-9,17H,2H2,1H3,(H,18,21). The Bertz CT molecular complexity index is 935. The van der Waals surface area contributed by atoms with Gasteiger partial charge in [-0.15, -0.1) is 10.2 Å². The molecule has 0 unspecified atom stereocenters. The van der Waals surface area contributed by atoms with Crippen molar-refractivity contribution >= 4 is 49.0 Å². The lowest BCUT2D eigenvalue weighted by Crippen LogP contribution is -1.94. The van der Waals surface area contributed by atoms with Crippen LogP contribution < -0.4 is 5.32 Å². The Hall–Kier alpha value is -2.80. The molecule has 0 bridgehead atoms. The van der Waals surface area contributed by atoms with E-state index in [1.807, 2.05) is 36.5 Å². The summed E-state index contributed by atoms with van der Waals surface area (Å²) < 4.78 is 1.08. The Morgan fingerprint density at radius 1 is 1.17 bits per heavy atom. The number of nitrogens with zero attached hydrogens (tertiary/aromatic N) is 4. The molecule has 0 spiro atoms. The summed E-state index contributed by atoms with van der Waals surface area (Å²) in [5.41, 5.74) is 3.77. The molecule has 2 heterocycles. The van der Waals surface area contributed by atoms with Gasteiger partial charge in [-0.25, -0.2) is 4.98 Å². The van der Waals surface area contributed by atoms with Crippen molar-refractivity contribution in [3.63, 3.8) is 0 Å². The van der Waals surface area contributed by atoms with Gasteiger partial charge in [0.15, 0.2) is 0 Å². The van der Waals surface area contributed by atoms with Crippen molar-refractivity contribution in [3.8, 4) is 0 Å². The monoisotopic (exact) mass is 322 g/mol. The third kappa shape index (κ3) is 2.78. The summed E-state index contributed by atoms with van der Waals surface area (Å²) in [7, 11) is 0. The normalized spacial score (nSPS) is 11.7. The topological polar surface area (TPSA) is 78.3 Å². The molecule has 7 heteroatoms. The number of rotatable bonds is 4. The van der Waals surface area contributed by atoms with Gasteiger partial charge in [-0.2, -0.15) is 5.10 Å². The first-order chi connectivity index (χ1) is 11.3. The number of fused-ring (bicyclic) bond motifs is 2. The van der Waals surface area contributed by atoms with Crippen LogP contribution in [0, 0.1) is 0 Å². The summed E-state index contributed by atoms with van der Waals surface area (Å²) in [6, 6.07) is 11.9. The van der Waals surface area contributed by atoms with Gasteiger partial charge in [0.25, 0.3) is 0 Å². The van der Waals surface area contributed by atoms with E-state index in [1.54, 1.807) is 0 Å². The van der Waals surface area contributed by atoms with Gasteiger partial charge in [-0.1, -0.05) is 11.3 Å². The maximum absolute atomic E-state index is 4.50. The number of aromatic amines is 1. The van der Waals surface area contributed by atoms with Crippen LogP contribution in [0.1, 0.15) is 6.92 Å². The summed E-state index contributed by atoms with van der Waals surface area (Å²) >= 11 is 1.52. The van der Waals surface area contributed by atoms with Crippen molar-refractivity contribution < 1.29 is 0 Å². The van der Waals surface area contributed by atoms with Crippen LogP contribution in [0.15, 0.2) is 52.8 Å². The zero-order chi connectivity index (χ0) is 15.6. The number of hydrogen-bond acceptors (Lipinski definition) is 6. The van der Waals surface area contributed by atoms with E-state index in [-0.39, 0.29) is 0 Å². The molecule has 2 aromatic heterocycles. The molecule has 0 atom stereocenters. The lowest BCUT2D eigenvalue weighted by Gasteiger charge is -2.01. The molecule has 0 aliphatic heterocycles. The van der Waals surface area contributed by atoms with Crippen LogP contribution in [-0.4, -0.2) is 21.7 Å². The number of anilines is 1. The van der Waals surface area contributed by atoms with Crippen molar-refractivity contribution in [2.45, 2.75) is 6.92 Å². The molecule has 0 aliphatic rings. The summed E-state index contributed by atoms with van der Waals surface area (Å²) in [6.07, 6.45) is 1.81. The molecule has 2 aromatic carbocycles. The average molecular weight is 322 g/mol. The second kappa shape index (κ2) is 5.77. The van der Waals surface area contributed by atoms with E-state index in [0.717, 1.165) is 39.0 Å². The van der Waals surface area contributed by atoms with Crippen LogP contribution in [0.25, 0.3) is 21.1 Å². The van der Waals surface area contributed by atoms with Crippen molar-refractivity contribution in [1.29, 1.82) is 0 Å². The van der Waals surface area contributed by atoms with Crippen molar-refractivity contribution in [2.24, 2.45) is 10.2 Å². The number of thiazole rings is 1. The van der Waals surface area contributed by atoms with E-state index in [0.29, 0.717) is 5.13 Å². The fraction of sp³-hybridized carbons (Fsp3) is 0.125. The highest BCUT2D eigenvalue weighted by atomic mass is 32.1. The highest BCUT2D eigenvalue weighted by Crippen LogP contribution is 2.31. The number of H-pyrrole nitrogens is 1. The summed E-state index contributed by atoms with van der Waals surface area (Å²) in [5, 5.41) is 20.5. The Morgan fingerprint density at radius 2 is 2.04 bits per heavy atom. The average Bonchev–Trinajstić information content (AvgIpc) is 3.17. The molecule has 0 aliphatic carbocycles. The number of hydrogen-bond donors (Lipinski definition) is 2. The molecule has 2 N–H and O–H groups in total. The van der Waals surface area contributed by atoms with Crippen LogP contribution in [-0.2, 0) is 0 Å². The van der Waals surface area contributed by atoms with Gasteiger partial charge in [-0.05, 0) is 43.3 Å². The van der Waals surface area contributed by atoms with Crippen molar-refractivity contribution in [3.05, 3.63) is 42.6 Å². The smallest absolute Gasteiger partial charge is 0.231 e. The van der Waals surface area contributed by atoms with Gasteiger partial charge >= 0.3 is 0 Å². The van der Waals surface area contributed by atoms with E-state index >= 15 is 0 Å². The predicted octanol–water partition coefficient (Wildman–Crippen LogP) is 5.02. The zero-order valence-corrected chi connectivity index (χ0v) is 13.3. The summed E-state index contributed by atoms with van der Waals surface area (Å²) in [6.45, 7) is 2.97. The second-order valence-electron chi connectivity index (χ2n) is 5.05. The predicted molar refractivity (Wildman–Crippen MR) is 94.1 cm³/mol. The van der Waals surface area contributed by atoms with Crippen molar-refractivity contribution in [2.75, 3.05) is 11.9 Å². The van der Waals surface area contributed by atoms with E-state index in [9.17, 15) is 0 Å². The Kier molecular flexibility index (Phi) is 3.47. The second-order valence-corrected chi connectivity index (χ2v) is 6.06. The molecular weight excluding hydrogens is 308 g/mol. The lowest BCUT2D eigenvalue weighted by molar-refractivity contribution is 1.12. The van der Waals surface area contributed by atoms with Gasteiger partial charge in [0.1, 0.15) is 0 Å². The first-order valence-electron chi connectivity index (χ1n) is 7.31. The Balaban J connectivity index is 1.60. The van der Waals surface area contributed by atoms with E-state index in [4.69, 9.17) is 0 Å². The molecule has 4 rings (SSSR count). The third-order valence-corrected chi connectivity index (χ3v) is 4.34. The molecule has 0 fully saturated rings. The number of azo groups is 1. The molecule has 0 saturated carbocycles. The third-order valence-electron chi connectivity index (χ3n) is 3.44. The van der Waals surface area contributed by atoms with Gasteiger partial charge in [0, 0.05) is 17.6 Å². The quantitative estimate of drug-likeness (QED) is 0.518. The Labute approximate surface area is 136 Å². The van der Waals surface area contributed by atoms with E-state index in [1.165, 1.54) is 11.3 Å². The highest BCUT2D eigenvalue weighted by molar-refractivity contribution is 7.22. The van der Waals surface area contributed by atoms with E-state index in [2.05, 4.69) is 43.7 Å². The highest BCUT2D eigenvalue weighted by Gasteiger charge is 2.06. The van der Waals surface area contributed by atoms with Crippen LogP contribution in [0.5, 0.6) is 0 Å². The van der Waals surface area contributed by atoms with Gasteiger partial charge in [0.2, 0.25) is 5.13 Å². The fourth-order valence-electron chi connectivity index (χ4n) is 2.35. The number of aromatic nitrogens is 3. The first-order valence-corrected chi connectivity index (χ1v) is 8.13. The largest absolute Gasteiger partial charge is 0.385 e. The minimum Gasteiger partial charge on any atom is -0.385 e. The van der Waals surface area contributed by atoms with Gasteiger partial charge < -0.3 is 5.32 Å². The molecule has 114 valence electrons. The molecule has 0 radical (unpaired) electrons. The SMILES string of the molecule is CCNc1ccc(N=Nc2nc3cc4[nH]ncc4cc3s2)cc1. The minimum absolute atomic E-state index is 0.649. The molecule has 6 nitrogen and oxygen atoms in total. The first kappa shape index (κ1) is 13.8. The van der Waals surface area contributed by atoms with Gasteiger partial charge in [0.05, 0.1) is 27.6 Å². The maximum atomic E-state index is 4.50. The van der Waals surface area contributed by atoms with Crippen LogP contribution in [0.2, 0.25) is 0 Å². The lowest BCUT2D eigenvalue weighted by atomic mass is 10.2. The van der Waals surface area contributed by atoms with Crippen molar-refractivity contribution in [1.82, 2.24) is 15.2 Å². The van der Waals surface area contributed by atoms with Gasteiger partial charge in [-0.3, -0.25) is 5.10 Å². The molecule has 4 aromatic rings. The van der Waals surface area contributed by atoms with Crippen LogP contribution >= 0.6 is 11.3 Å². The zero-order valence-electron chi connectivity index (χ0n) is 12.4. The number of benzene rings is 2. The maximum Gasteiger partial charge on any atom is 0.231 e. The molecule has 23 heavy (non-hydrogen) atoms. The van der Waals surface area contributed by atoms with E-state index < -0.39 is 0 Å². The molecular formula is C16H14N6S.